The molecule has 0 spiro atoms. The van der Waals surface area contributed by atoms with Crippen LogP contribution in [0.15, 0.2) is 30.3 Å². The topological polar surface area (TPSA) is 72.2 Å². The van der Waals surface area contributed by atoms with Crippen molar-refractivity contribution in [3.63, 3.8) is 0 Å². The Morgan fingerprint density at radius 2 is 1.94 bits per heavy atom. The summed E-state index contributed by atoms with van der Waals surface area (Å²) in [4.78, 5) is 22.1. The Bertz CT molecular complexity index is 422. The van der Waals surface area contributed by atoms with Crippen LogP contribution in [-0.4, -0.2) is 18.2 Å². The number of hydrogen-bond donors (Lipinski definition) is 2. The molecular weight excluding hydrogens is 216 g/mol. The lowest BCUT2D eigenvalue weighted by atomic mass is 10.2. The molecule has 0 fully saturated rings. The van der Waals surface area contributed by atoms with Crippen LogP contribution in [-0.2, 0) is 9.59 Å². The fraction of sp³-hybridized carbons (Fsp3) is 0.231. The summed E-state index contributed by atoms with van der Waals surface area (Å²) in [5, 5.41) is 2.65. The number of ketones is 1. The molecule has 0 saturated carbocycles. The number of amides is 1. The van der Waals surface area contributed by atoms with Crippen molar-refractivity contribution >= 4 is 23.5 Å². The molecule has 0 aliphatic rings. The van der Waals surface area contributed by atoms with E-state index in [9.17, 15) is 9.59 Å². The number of rotatable bonds is 5. The highest BCUT2D eigenvalue weighted by Gasteiger charge is 2.04. The van der Waals surface area contributed by atoms with Crippen LogP contribution >= 0.6 is 0 Å². The smallest absolute Gasteiger partial charge is 0.231 e. The summed E-state index contributed by atoms with van der Waals surface area (Å²) in [6.07, 6.45) is 3.67. The van der Waals surface area contributed by atoms with Gasteiger partial charge in [-0.3, -0.25) is 9.59 Å². The van der Waals surface area contributed by atoms with E-state index in [0.29, 0.717) is 12.2 Å². The quantitative estimate of drug-likeness (QED) is 0.757. The van der Waals surface area contributed by atoms with Gasteiger partial charge in [0, 0.05) is 12.2 Å². The molecule has 1 rings (SSSR count). The first kappa shape index (κ1) is 13.1. The Morgan fingerprint density at radius 1 is 1.29 bits per heavy atom. The van der Waals surface area contributed by atoms with Crippen molar-refractivity contribution in [1.82, 2.24) is 0 Å². The van der Waals surface area contributed by atoms with Crippen LogP contribution in [0.3, 0.4) is 0 Å². The van der Waals surface area contributed by atoms with Crippen LogP contribution in [0.1, 0.15) is 18.9 Å². The molecule has 0 aromatic heterocycles. The van der Waals surface area contributed by atoms with E-state index in [1.54, 1.807) is 12.1 Å². The molecule has 0 saturated heterocycles. The SMILES string of the molecule is CC(=O)CC(=O)Nc1ccc(C=CCN)cc1. The van der Waals surface area contributed by atoms with Gasteiger partial charge in [-0.15, -0.1) is 0 Å². The van der Waals surface area contributed by atoms with Crippen molar-refractivity contribution in [2.45, 2.75) is 13.3 Å². The summed E-state index contributed by atoms with van der Waals surface area (Å²) >= 11 is 0. The van der Waals surface area contributed by atoms with E-state index in [1.807, 2.05) is 24.3 Å². The molecule has 0 aliphatic heterocycles. The Morgan fingerprint density at radius 3 is 2.47 bits per heavy atom. The van der Waals surface area contributed by atoms with Gasteiger partial charge in [0.25, 0.3) is 0 Å². The van der Waals surface area contributed by atoms with E-state index in [-0.39, 0.29) is 18.1 Å². The van der Waals surface area contributed by atoms with Crippen LogP contribution in [0, 0.1) is 0 Å². The lowest BCUT2D eigenvalue weighted by molar-refractivity contribution is -0.124. The molecule has 0 heterocycles. The molecule has 0 unspecified atom stereocenters. The molecule has 3 N–H and O–H groups in total. The molecule has 0 aliphatic carbocycles. The molecule has 1 aromatic rings. The van der Waals surface area contributed by atoms with Crippen molar-refractivity contribution in [3.05, 3.63) is 35.9 Å². The van der Waals surface area contributed by atoms with Crippen molar-refractivity contribution in [1.29, 1.82) is 0 Å². The number of carbonyl (C=O) groups excluding carboxylic acids is 2. The van der Waals surface area contributed by atoms with E-state index in [1.165, 1.54) is 6.92 Å². The summed E-state index contributed by atoms with van der Waals surface area (Å²) in [7, 11) is 0. The Hall–Kier alpha value is -1.94. The van der Waals surface area contributed by atoms with Crippen molar-refractivity contribution in [2.24, 2.45) is 5.73 Å². The van der Waals surface area contributed by atoms with E-state index in [4.69, 9.17) is 5.73 Å². The fourth-order valence-corrected chi connectivity index (χ4v) is 1.31. The third kappa shape index (κ3) is 5.08. The first-order chi connectivity index (χ1) is 8.11. The van der Waals surface area contributed by atoms with Gasteiger partial charge in [-0.25, -0.2) is 0 Å². The Balaban J connectivity index is 2.59. The number of anilines is 1. The lowest BCUT2D eigenvalue weighted by Crippen LogP contribution is -2.14. The van der Waals surface area contributed by atoms with E-state index in [0.717, 1.165) is 5.56 Å². The minimum absolute atomic E-state index is 0.0885. The molecule has 4 heteroatoms. The van der Waals surface area contributed by atoms with Gasteiger partial charge in [0.05, 0.1) is 6.42 Å². The zero-order chi connectivity index (χ0) is 12.7. The Labute approximate surface area is 101 Å². The molecule has 0 radical (unpaired) electrons. The average Bonchev–Trinajstić information content (AvgIpc) is 2.27. The standard InChI is InChI=1S/C13H16N2O2/c1-10(16)9-13(17)15-12-6-4-11(5-7-12)3-2-8-14/h2-7H,8-9,14H2,1H3,(H,15,17). The second kappa shape index (κ2) is 6.60. The van der Waals surface area contributed by atoms with Gasteiger partial charge in [-0.2, -0.15) is 0 Å². The van der Waals surface area contributed by atoms with Crippen molar-refractivity contribution in [3.8, 4) is 0 Å². The first-order valence-electron chi connectivity index (χ1n) is 5.38. The zero-order valence-electron chi connectivity index (χ0n) is 9.77. The largest absolute Gasteiger partial charge is 0.327 e. The van der Waals surface area contributed by atoms with Gasteiger partial charge >= 0.3 is 0 Å². The van der Waals surface area contributed by atoms with Crippen LogP contribution < -0.4 is 11.1 Å². The molecule has 1 amide bonds. The van der Waals surface area contributed by atoms with Crippen molar-refractivity contribution < 1.29 is 9.59 Å². The molecule has 17 heavy (non-hydrogen) atoms. The summed E-state index contributed by atoms with van der Waals surface area (Å²) in [6.45, 7) is 1.89. The monoisotopic (exact) mass is 232 g/mol. The molecule has 4 nitrogen and oxygen atoms in total. The number of hydrogen-bond acceptors (Lipinski definition) is 3. The molecular formula is C13H16N2O2. The van der Waals surface area contributed by atoms with E-state index < -0.39 is 0 Å². The third-order valence-corrected chi connectivity index (χ3v) is 2.05. The normalized spacial score (nSPS) is 10.5. The maximum Gasteiger partial charge on any atom is 0.231 e. The van der Waals surface area contributed by atoms with Gasteiger partial charge in [0.1, 0.15) is 5.78 Å². The molecule has 0 atom stereocenters. The second-order valence-electron chi connectivity index (χ2n) is 3.69. The van der Waals surface area contributed by atoms with Gasteiger partial charge in [-0.05, 0) is 24.6 Å². The van der Waals surface area contributed by atoms with E-state index in [2.05, 4.69) is 5.32 Å². The molecule has 1 aromatic carbocycles. The third-order valence-electron chi connectivity index (χ3n) is 2.05. The van der Waals surface area contributed by atoms with Crippen LogP contribution in [0.4, 0.5) is 5.69 Å². The van der Waals surface area contributed by atoms with Crippen molar-refractivity contribution in [2.75, 3.05) is 11.9 Å². The minimum atomic E-state index is -0.289. The summed E-state index contributed by atoms with van der Waals surface area (Å²) in [5.74, 6) is -0.437. The second-order valence-corrected chi connectivity index (χ2v) is 3.69. The van der Waals surface area contributed by atoms with Gasteiger partial charge in [0.15, 0.2) is 0 Å². The molecule has 0 bridgehead atoms. The zero-order valence-corrected chi connectivity index (χ0v) is 9.77. The minimum Gasteiger partial charge on any atom is -0.327 e. The van der Waals surface area contributed by atoms with Crippen LogP contribution in [0.2, 0.25) is 0 Å². The maximum absolute atomic E-state index is 11.3. The highest BCUT2D eigenvalue weighted by atomic mass is 16.2. The first-order valence-corrected chi connectivity index (χ1v) is 5.38. The number of nitrogens with one attached hydrogen (secondary N) is 1. The highest BCUT2D eigenvalue weighted by Crippen LogP contribution is 2.11. The Kier molecular flexibility index (Phi) is 5.10. The molecule has 90 valence electrons. The maximum atomic E-state index is 11.3. The summed E-state index contributed by atoms with van der Waals surface area (Å²) in [5.41, 5.74) is 7.04. The highest BCUT2D eigenvalue weighted by molar-refractivity contribution is 6.03. The predicted molar refractivity (Wildman–Crippen MR) is 68.5 cm³/mol. The van der Waals surface area contributed by atoms with Gasteiger partial charge in [0.2, 0.25) is 5.91 Å². The number of nitrogens with two attached hydrogens (primary N) is 1. The van der Waals surface area contributed by atoms with Gasteiger partial charge in [-0.1, -0.05) is 24.3 Å². The lowest BCUT2D eigenvalue weighted by Gasteiger charge is -2.03. The van der Waals surface area contributed by atoms with E-state index >= 15 is 0 Å². The average molecular weight is 232 g/mol. The number of benzene rings is 1. The van der Waals surface area contributed by atoms with Crippen LogP contribution in [0.25, 0.3) is 6.08 Å². The summed E-state index contributed by atoms with van der Waals surface area (Å²) < 4.78 is 0. The fourth-order valence-electron chi connectivity index (χ4n) is 1.31. The predicted octanol–water partition coefficient (Wildman–Crippen LogP) is 1.58. The van der Waals surface area contributed by atoms with Crippen LogP contribution in [0.5, 0.6) is 0 Å². The van der Waals surface area contributed by atoms with Gasteiger partial charge < -0.3 is 11.1 Å². The number of Topliss-reactive ketones (excluding diaryl/α,β-unsaturated/α-hetero) is 1. The summed E-state index contributed by atoms with van der Waals surface area (Å²) in [6, 6.07) is 7.31. The number of carbonyl (C=O) groups is 2.